The maximum absolute atomic E-state index is 12.6. The molecule has 0 amide bonds. The molecule has 0 atom stereocenters. The third-order valence-electron chi connectivity index (χ3n) is 4.75. The summed E-state index contributed by atoms with van der Waals surface area (Å²) < 4.78 is 37.9. The lowest BCUT2D eigenvalue weighted by Crippen LogP contribution is -2.61. The minimum atomic E-state index is -4.26. The van der Waals surface area contributed by atoms with Crippen LogP contribution in [0.1, 0.15) is 37.7 Å². The zero-order chi connectivity index (χ0) is 14.9. The lowest BCUT2D eigenvalue weighted by molar-refractivity contribution is -0.137. The first-order valence-corrected chi connectivity index (χ1v) is 7.66. The van der Waals surface area contributed by atoms with Crippen molar-refractivity contribution >= 4 is 5.69 Å². The molecule has 0 radical (unpaired) electrons. The first-order chi connectivity index (χ1) is 9.99. The minimum absolute atomic E-state index is 0.166. The predicted octanol–water partition coefficient (Wildman–Crippen LogP) is 3.82. The van der Waals surface area contributed by atoms with Crippen molar-refractivity contribution in [3.63, 3.8) is 0 Å². The van der Waals surface area contributed by atoms with Crippen LogP contribution in [0.2, 0.25) is 0 Å². The van der Waals surface area contributed by atoms with Gasteiger partial charge in [0.2, 0.25) is 0 Å². The van der Waals surface area contributed by atoms with E-state index in [2.05, 4.69) is 10.2 Å². The fourth-order valence-electron chi connectivity index (χ4n) is 3.60. The normalized spacial score (nSPS) is 22.5. The quantitative estimate of drug-likeness (QED) is 0.848. The Morgan fingerprint density at radius 3 is 2.29 bits per heavy atom. The summed E-state index contributed by atoms with van der Waals surface area (Å²) in [7, 11) is 0. The number of hydrogen-bond donors (Lipinski definition) is 1. The summed E-state index contributed by atoms with van der Waals surface area (Å²) in [6.07, 6.45) is 1.87. The van der Waals surface area contributed by atoms with E-state index in [0.29, 0.717) is 0 Å². The van der Waals surface area contributed by atoms with Gasteiger partial charge in [-0.05, 0) is 37.1 Å². The average Bonchev–Trinajstić information content (AvgIpc) is 2.47. The van der Waals surface area contributed by atoms with Crippen LogP contribution < -0.4 is 10.2 Å². The Morgan fingerprint density at radius 1 is 1.00 bits per heavy atom. The van der Waals surface area contributed by atoms with Gasteiger partial charge in [0.25, 0.3) is 0 Å². The van der Waals surface area contributed by atoms with Crippen molar-refractivity contribution in [3.05, 3.63) is 29.8 Å². The molecule has 0 aromatic heterocycles. The second-order valence-corrected chi connectivity index (χ2v) is 6.23. The van der Waals surface area contributed by atoms with Gasteiger partial charge in [-0.25, -0.2) is 0 Å². The maximum atomic E-state index is 12.6. The van der Waals surface area contributed by atoms with E-state index in [9.17, 15) is 13.2 Å². The van der Waals surface area contributed by atoms with E-state index in [-0.39, 0.29) is 5.54 Å². The molecule has 1 saturated heterocycles. The number of halogens is 3. The molecule has 21 heavy (non-hydrogen) atoms. The molecule has 2 nitrogen and oxygen atoms in total. The number of alkyl halides is 3. The first-order valence-electron chi connectivity index (χ1n) is 7.66. The third kappa shape index (κ3) is 3.18. The Labute approximate surface area is 123 Å². The molecule has 0 unspecified atom stereocenters. The van der Waals surface area contributed by atoms with Gasteiger partial charge >= 0.3 is 6.18 Å². The predicted molar refractivity (Wildman–Crippen MR) is 77.5 cm³/mol. The summed E-state index contributed by atoms with van der Waals surface area (Å²) in [5.74, 6) is 0. The molecule has 1 aliphatic carbocycles. The Hall–Kier alpha value is -1.23. The number of piperazine rings is 1. The van der Waals surface area contributed by atoms with E-state index in [4.69, 9.17) is 0 Å². The summed E-state index contributed by atoms with van der Waals surface area (Å²) in [5, 5.41) is 3.65. The summed E-state index contributed by atoms with van der Waals surface area (Å²) in [5.41, 5.74) is 0.488. The Bertz CT molecular complexity index is 470. The highest BCUT2D eigenvalue weighted by Gasteiger charge is 2.36. The van der Waals surface area contributed by atoms with Crippen LogP contribution in [0.5, 0.6) is 0 Å². The van der Waals surface area contributed by atoms with Gasteiger partial charge in [-0.2, -0.15) is 13.2 Å². The highest BCUT2D eigenvalue weighted by molar-refractivity contribution is 5.49. The Kier molecular flexibility index (Phi) is 3.86. The topological polar surface area (TPSA) is 15.3 Å². The Balaban J connectivity index is 1.74. The average molecular weight is 298 g/mol. The number of nitrogens with zero attached hydrogens (tertiary/aromatic N) is 1. The molecule has 1 aromatic rings. The van der Waals surface area contributed by atoms with Crippen molar-refractivity contribution in [2.75, 3.05) is 24.5 Å². The van der Waals surface area contributed by atoms with E-state index in [1.54, 1.807) is 12.1 Å². The summed E-state index contributed by atoms with van der Waals surface area (Å²) >= 11 is 0. The highest BCUT2D eigenvalue weighted by atomic mass is 19.4. The Morgan fingerprint density at radius 2 is 1.67 bits per heavy atom. The molecule has 1 heterocycles. The zero-order valence-corrected chi connectivity index (χ0v) is 12.0. The number of nitrogens with one attached hydrogen (secondary N) is 1. The molecule has 1 aromatic carbocycles. The van der Waals surface area contributed by atoms with Crippen LogP contribution in [0.3, 0.4) is 0 Å². The molecule has 5 heteroatoms. The van der Waals surface area contributed by atoms with E-state index in [0.717, 1.165) is 25.3 Å². The molecule has 1 spiro atoms. The van der Waals surface area contributed by atoms with Gasteiger partial charge in [0.1, 0.15) is 0 Å². The molecule has 2 fully saturated rings. The minimum Gasteiger partial charge on any atom is -0.368 e. The van der Waals surface area contributed by atoms with Crippen molar-refractivity contribution in [1.29, 1.82) is 0 Å². The third-order valence-corrected chi connectivity index (χ3v) is 4.75. The summed E-state index contributed by atoms with van der Waals surface area (Å²) in [6, 6.07) is 5.57. The molecule has 1 aliphatic heterocycles. The van der Waals surface area contributed by atoms with Crippen molar-refractivity contribution in [2.45, 2.75) is 43.8 Å². The molecule has 2 aliphatic rings. The summed E-state index contributed by atoms with van der Waals surface area (Å²) in [4.78, 5) is 2.22. The number of hydrogen-bond acceptors (Lipinski definition) is 2. The van der Waals surface area contributed by atoms with Crippen LogP contribution in [-0.4, -0.2) is 25.2 Å². The number of benzene rings is 1. The number of anilines is 1. The van der Waals surface area contributed by atoms with Gasteiger partial charge in [-0.1, -0.05) is 19.3 Å². The molecule has 1 saturated carbocycles. The van der Waals surface area contributed by atoms with Crippen LogP contribution >= 0.6 is 0 Å². The van der Waals surface area contributed by atoms with E-state index >= 15 is 0 Å². The van der Waals surface area contributed by atoms with Crippen LogP contribution in [0.25, 0.3) is 0 Å². The van der Waals surface area contributed by atoms with Crippen LogP contribution in [0.4, 0.5) is 18.9 Å². The fourth-order valence-corrected chi connectivity index (χ4v) is 3.60. The monoisotopic (exact) mass is 298 g/mol. The second kappa shape index (κ2) is 5.52. The molecular formula is C16H21F3N2. The van der Waals surface area contributed by atoms with Gasteiger partial charge in [-0.15, -0.1) is 0 Å². The molecule has 3 rings (SSSR count). The largest absolute Gasteiger partial charge is 0.416 e. The van der Waals surface area contributed by atoms with Crippen molar-refractivity contribution in [1.82, 2.24) is 5.32 Å². The van der Waals surface area contributed by atoms with Gasteiger partial charge in [0.15, 0.2) is 0 Å². The highest BCUT2D eigenvalue weighted by Crippen LogP contribution is 2.34. The summed E-state index contributed by atoms with van der Waals surface area (Å²) in [6.45, 7) is 2.66. The van der Waals surface area contributed by atoms with E-state index in [1.165, 1.54) is 44.2 Å². The van der Waals surface area contributed by atoms with Crippen molar-refractivity contribution < 1.29 is 13.2 Å². The van der Waals surface area contributed by atoms with E-state index in [1.807, 2.05) is 0 Å². The van der Waals surface area contributed by atoms with Gasteiger partial charge < -0.3 is 10.2 Å². The van der Waals surface area contributed by atoms with Gasteiger partial charge in [0.05, 0.1) is 5.56 Å². The van der Waals surface area contributed by atoms with Gasteiger partial charge in [0, 0.05) is 30.9 Å². The zero-order valence-electron chi connectivity index (χ0n) is 12.0. The van der Waals surface area contributed by atoms with Crippen LogP contribution in [0.15, 0.2) is 24.3 Å². The lowest BCUT2D eigenvalue weighted by atomic mass is 9.80. The van der Waals surface area contributed by atoms with E-state index < -0.39 is 11.7 Å². The lowest BCUT2D eigenvalue weighted by Gasteiger charge is -2.47. The standard InChI is InChI=1S/C16H21F3N2/c17-16(18,19)13-4-6-14(7-5-13)21-11-10-20-15(12-21)8-2-1-3-9-15/h4-7,20H,1-3,8-12H2. The second-order valence-electron chi connectivity index (χ2n) is 6.23. The molecule has 0 bridgehead atoms. The van der Waals surface area contributed by atoms with Gasteiger partial charge in [-0.3, -0.25) is 0 Å². The first kappa shape index (κ1) is 14.7. The van der Waals surface area contributed by atoms with Crippen molar-refractivity contribution in [2.24, 2.45) is 0 Å². The SMILES string of the molecule is FC(F)(F)c1ccc(N2CCNC3(CCCCC3)C2)cc1. The number of rotatable bonds is 1. The molecule has 1 N–H and O–H groups in total. The van der Waals surface area contributed by atoms with Crippen LogP contribution in [0, 0.1) is 0 Å². The molecule has 116 valence electrons. The van der Waals surface area contributed by atoms with Crippen molar-refractivity contribution in [3.8, 4) is 0 Å². The smallest absolute Gasteiger partial charge is 0.368 e. The fraction of sp³-hybridized carbons (Fsp3) is 0.625. The maximum Gasteiger partial charge on any atom is 0.416 e. The van der Waals surface area contributed by atoms with Crippen LogP contribution in [-0.2, 0) is 6.18 Å². The molecular weight excluding hydrogens is 277 g/mol.